The van der Waals surface area contributed by atoms with Crippen LogP contribution in [0.4, 0.5) is 11.4 Å². The van der Waals surface area contributed by atoms with Gasteiger partial charge in [0.25, 0.3) is 11.4 Å². The molecule has 0 saturated carbocycles. The Morgan fingerprint density at radius 3 is 2.47 bits per heavy atom. The van der Waals surface area contributed by atoms with E-state index in [1.165, 1.54) is 12.5 Å². The number of nitro benzene ring substituents is 2. The number of nitro groups is 2. The Labute approximate surface area is 95.1 Å². The first-order chi connectivity index (χ1) is 8.06. The van der Waals surface area contributed by atoms with Crippen LogP contribution in [-0.2, 0) is 16.0 Å². The summed E-state index contributed by atoms with van der Waals surface area (Å²) in [6, 6.07) is 3.30. The summed E-state index contributed by atoms with van der Waals surface area (Å²) in [5, 5.41) is 21.1. The molecular formula is C9H7N2O6. The summed E-state index contributed by atoms with van der Waals surface area (Å²) in [5.74, 6) is 0. The molecule has 17 heavy (non-hydrogen) atoms. The van der Waals surface area contributed by atoms with Gasteiger partial charge in [-0.25, -0.2) is 4.79 Å². The largest absolute Gasteiger partial charge is 0.457 e. The Morgan fingerprint density at radius 2 is 1.94 bits per heavy atom. The van der Waals surface area contributed by atoms with Crippen molar-refractivity contribution in [1.29, 1.82) is 0 Å². The van der Waals surface area contributed by atoms with E-state index in [0.717, 1.165) is 12.1 Å². The van der Waals surface area contributed by atoms with Gasteiger partial charge in [0.1, 0.15) is 0 Å². The van der Waals surface area contributed by atoms with Crippen molar-refractivity contribution in [3.8, 4) is 0 Å². The van der Waals surface area contributed by atoms with Gasteiger partial charge < -0.3 is 4.74 Å². The van der Waals surface area contributed by atoms with Crippen LogP contribution in [0.15, 0.2) is 18.2 Å². The number of hydrogen-bond acceptors (Lipinski definition) is 6. The minimum absolute atomic E-state index is 0.0673. The second-order valence-electron chi connectivity index (χ2n) is 3.01. The van der Waals surface area contributed by atoms with E-state index in [4.69, 9.17) is 0 Å². The van der Waals surface area contributed by atoms with Gasteiger partial charge in [-0.05, 0) is 6.07 Å². The highest BCUT2D eigenvalue weighted by Gasteiger charge is 2.18. The molecule has 0 aliphatic carbocycles. The number of non-ortho nitro benzene ring substituents is 1. The lowest BCUT2D eigenvalue weighted by Gasteiger charge is -2.01. The summed E-state index contributed by atoms with van der Waals surface area (Å²) in [6.07, 6.45) is 0.101. The predicted octanol–water partition coefficient (Wildman–Crippen LogP) is 1.13. The monoisotopic (exact) mass is 239 g/mol. The fourth-order valence-electron chi connectivity index (χ4n) is 1.25. The van der Waals surface area contributed by atoms with Crippen LogP contribution in [0.5, 0.6) is 0 Å². The van der Waals surface area contributed by atoms with Gasteiger partial charge in [0.15, 0.2) is 0 Å². The molecule has 0 atom stereocenters. The topological polar surface area (TPSA) is 113 Å². The van der Waals surface area contributed by atoms with Crippen molar-refractivity contribution < 1.29 is 19.4 Å². The predicted molar refractivity (Wildman–Crippen MR) is 55.1 cm³/mol. The lowest BCUT2D eigenvalue weighted by molar-refractivity contribution is -0.394. The van der Waals surface area contributed by atoms with Crippen LogP contribution in [0.3, 0.4) is 0 Å². The molecule has 0 fully saturated rings. The third-order valence-corrected chi connectivity index (χ3v) is 2.01. The number of hydrogen-bond donors (Lipinski definition) is 0. The van der Waals surface area contributed by atoms with Crippen molar-refractivity contribution >= 4 is 17.8 Å². The average molecular weight is 239 g/mol. The summed E-state index contributed by atoms with van der Waals surface area (Å²) in [6.45, 7) is 1.12. The molecule has 1 rings (SSSR count). The van der Waals surface area contributed by atoms with E-state index in [-0.39, 0.29) is 30.0 Å². The van der Waals surface area contributed by atoms with E-state index in [1.807, 2.05) is 0 Å². The summed E-state index contributed by atoms with van der Waals surface area (Å²) in [7, 11) is 0. The molecule has 0 spiro atoms. The third kappa shape index (κ3) is 3.23. The molecule has 0 saturated heterocycles. The Balaban J connectivity index is 3.00. The van der Waals surface area contributed by atoms with Gasteiger partial charge in [0.05, 0.1) is 22.5 Å². The fourth-order valence-corrected chi connectivity index (χ4v) is 1.25. The first-order valence-electron chi connectivity index (χ1n) is 4.47. The van der Waals surface area contributed by atoms with Crippen molar-refractivity contribution in [2.75, 3.05) is 6.61 Å². The van der Waals surface area contributed by atoms with E-state index < -0.39 is 9.85 Å². The summed E-state index contributed by atoms with van der Waals surface area (Å²) < 4.78 is 4.29. The highest BCUT2D eigenvalue weighted by Crippen LogP contribution is 2.24. The van der Waals surface area contributed by atoms with Gasteiger partial charge in [-0.15, -0.1) is 0 Å². The zero-order chi connectivity index (χ0) is 12.8. The number of nitrogens with zero attached hydrogens (tertiary/aromatic N) is 2. The molecule has 1 aromatic carbocycles. The van der Waals surface area contributed by atoms with E-state index in [0.29, 0.717) is 0 Å². The number of rotatable bonds is 6. The maximum atomic E-state index is 10.7. The van der Waals surface area contributed by atoms with Crippen molar-refractivity contribution in [3.05, 3.63) is 44.0 Å². The van der Waals surface area contributed by atoms with Crippen LogP contribution in [0.25, 0.3) is 0 Å². The first kappa shape index (κ1) is 12.6. The maximum absolute atomic E-state index is 10.7. The van der Waals surface area contributed by atoms with Crippen LogP contribution in [-0.4, -0.2) is 22.9 Å². The summed E-state index contributed by atoms with van der Waals surface area (Å²) >= 11 is 0. The lowest BCUT2D eigenvalue weighted by atomic mass is 10.1. The van der Waals surface area contributed by atoms with Gasteiger partial charge >= 0.3 is 6.47 Å². The molecule has 0 unspecified atom stereocenters. The van der Waals surface area contributed by atoms with Crippen LogP contribution in [0, 0.1) is 20.2 Å². The van der Waals surface area contributed by atoms with Gasteiger partial charge in [-0.3, -0.25) is 20.2 Å². The summed E-state index contributed by atoms with van der Waals surface area (Å²) in [5.41, 5.74) is -0.465. The molecule has 1 radical (unpaired) electrons. The van der Waals surface area contributed by atoms with E-state index in [9.17, 15) is 25.0 Å². The number of ether oxygens (including phenoxy) is 1. The number of benzene rings is 1. The molecule has 0 aromatic heterocycles. The van der Waals surface area contributed by atoms with Gasteiger partial charge in [-0.2, -0.15) is 0 Å². The quantitative estimate of drug-likeness (QED) is 0.417. The first-order valence-corrected chi connectivity index (χ1v) is 4.47. The Bertz CT molecular complexity index is 459. The zero-order valence-corrected chi connectivity index (χ0v) is 8.49. The van der Waals surface area contributed by atoms with Gasteiger partial charge in [0.2, 0.25) is 0 Å². The van der Waals surface area contributed by atoms with Crippen molar-refractivity contribution in [2.24, 2.45) is 0 Å². The van der Waals surface area contributed by atoms with Crippen LogP contribution >= 0.6 is 0 Å². The minimum atomic E-state index is -0.716. The molecule has 8 nitrogen and oxygen atoms in total. The minimum Gasteiger partial charge on any atom is -0.457 e. The molecule has 0 heterocycles. The molecule has 89 valence electrons. The highest BCUT2D eigenvalue weighted by atomic mass is 16.6. The Kier molecular flexibility index (Phi) is 4.09. The smallest absolute Gasteiger partial charge is 0.417 e. The van der Waals surface area contributed by atoms with Crippen LogP contribution < -0.4 is 0 Å². The molecule has 0 bridgehead atoms. The highest BCUT2D eigenvalue weighted by molar-refractivity contribution is 5.49. The molecule has 1 aromatic rings. The van der Waals surface area contributed by atoms with Crippen LogP contribution in [0.1, 0.15) is 5.56 Å². The zero-order valence-electron chi connectivity index (χ0n) is 8.49. The average Bonchev–Trinajstić information content (AvgIpc) is 2.29. The normalized spacial score (nSPS) is 9.65. The third-order valence-electron chi connectivity index (χ3n) is 2.01. The maximum Gasteiger partial charge on any atom is 0.417 e. The van der Waals surface area contributed by atoms with E-state index in [1.54, 1.807) is 0 Å². The molecule has 0 amide bonds. The fraction of sp³-hybridized carbons (Fsp3) is 0.222. The summed E-state index contributed by atoms with van der Waals surface area (Å²) in [4.78, 5) is 29.5. The van der Waals surface area contributed by atoms with Crippen molar-refractivity contribution in [1.82, 2.24) is 0 Å². The number of carbonyl (C=O) groups excluding carboxylic acids is 1. The Hall–Kier alpha value is -2.51. The van der Waals surface area contributed by atoms with Crippen molar-refractivity contribution in [2.45, 2.75) is 6.42 Å². The molecular weight excluding hydrogens is 232 g/mol. The molecule has 0 N–H and O–H groups in total. The Morgan fingerprint density at radius 1 is 1.24 bits per heavy atom. The lowest BCUT2D eigenvalue weighted by Crippen LogP contribution is -2.02. The molecule has 0 aliphatic rings. The standard InChI is InChI=1S/C9H7N2O6/c12-6-17-4-3-7-1-2-8(10(13)14)5-9(7)11(15)16/h1-2,5H,3-4H2. The second kappa shape index (κ2) is 5.54. The van der Waals surface area contributed by atoms with E-state index >= 15 is 0 Å². The van der Waals surface area contributed by atoms with Crippen molar-refractivity contribution in [3.63, 3.8) is 0 Å². The van der Waals surface area contributed by atoms with Gasteiger partial charge in [0, 0.05) is 18.1 Å². The van der Waals surface area contributed by atoms with Gasteiger partial charge in [-0.1, -0.05) is 0 Å². The van der Waals surface area contributed by atoms with E-state index in [2.05, 4.69) is 4.74 Å². The second-order valence-corrected chi connectivity index (χ2v) is 3.01. The molecule has 8 heteroatoms. The molecule has 0 aliphatic heterocycles. The SMILES string of the molecule is O=[C]OCCc1ccc([N+](=O)[O-])cc1[N+](=O)[O-]. The van der Waals surface area contributed by atoms with Crippen LogP contribution in [0.2, 0.25) is 0 Å².